The van der Waals surface area contributed by atoms with E-state index in [9.17, 15) is 9.50 Å². The lowest BCUT2D eigenvalue weighted by Gasteiger charge is -2.44. The molecule has 1 saturated carbocycles. The van der Waals surface area contributed by atoms with E-state index in [4.69, 9.17) is 4.74 Å². The van der Waals surface area contributed by atoms with Crippen molar-refractivity contribution in [3.05, 3.63) is 29.6 Å². The average Bonchev–Trinajstić information content (AvgIpc) is 3.13. The Labute approximate surface area is 144 Å². The number of methoxy groups -OCH3 is 1. The first-order chi connectivity index (χ1) is 11.7. The summed E-state index contributed by atoms with van der Waals surface area (Å²) >= 11 is 0. The third-order valence-corrected chi connectivity index (χ3v) is 5.57. The monoisotopic (exact) mass is 336 g/mol. The highest BCUT2D eigenvalue weighted by Crippen LogP contribution is 2.27. The lowest BCUT2D eigenvalue weighted by Crippen LogP contribution is -2.55. The standard InChI is InChI=1S/C19H29FN2O2/c1-24-18-7-6-15(19(20)12-18)13-21-9-10-22(14-17(21)8-11-23)16-4-2-3-5-16/h6-7,12,16-17,23H,2-5,8-11,13-14H2,1H3/t17-/m1/s1. The summed E-state index contributed by atoms with van der Waals surface area (Å²) in [6.45, 7) is 3.75. The van der Waals surface area contributed by atoms with Crippen LogP contribution in [-0.4, -0.2) is 60.3 Å². The van der Waals surface area contributed by atoms with Gasteiger partial charge in [-0.05, 0) is 25.3 Å². The number of rotatable bonds is 6. The molecule has 1 aromatic rings. The highest BCUT2D eigenvalue weighted by atomic mass is 19.1. The summed E-state index contributed by atoms with van der Waals surface area (Å²) in [5.74, 6) is 0.338. The molecule has 0 unspecified atom stereocenters. The Hall–Kier alpha value is -1.17. The Kier molecular flexibility index (Phi) is 6.09. The van der Waals surface area contributed by atoms with Gasteiger partial charge in [0.2, 0.25) is 0 Å². The highest BCUT2D eigenvalue weighted by molar-refractivity contribution is 5.29. The fourth-order valence-electron chi connectivity index (χ4n) is 4.15. The maximum Gasteiger partial charge on any atom is 0.131 e. The van der Waals surface area contributed by atoms with Gasteiger partial charge in [0, 0.05) is 56.5 Å². The number of hydrogen-bond acceptors (Lipinski definition) is 4. The predicted octanol–water partition coefficient (Wildman–Crippen LogP) is 2.65. The van der Waals surface area contributed by atoms with E-state index in [0.29, 0.717) is 29.9 Å². The van der Waals surface area contributed by atoms with Crippen LogP contribution in [0.15, 0.2) is 18.2 Å². The van der Waals surface area contributed by atoms with Gasteiger partial charge in [0.05, 0.1) is 7.11 Å². The molecule has 0 amide bonds. The zero-order valence-corrected chi connectivity index (χ0v) is 14.6. The Morgan fingerprint density at radius 3 is 2.71 bits per heavy atom. The summed E-state index contributed by atoms with van der Waals surface area (Å²) in [4.78, 5) is 4.92. The van der Waals surface area contributed by atoms with Crippen molar-refractivity contribution in [3.63, 3.8) is 0 Å². The molecule has 1 N–H and O–H groups in total. The molecule has 1 aliphatic carbocycles. The number of piperazine rings is 1. The van der Waals surface area contributed by atoms with Crippen molar-refractivity contribution in [1.82, 2.24) is 9.80 Å². The smallest absolute Gasteiger partial charge is 0.131 e. The summed E-state index contributed by atoms with van der Waals surface area (Å²) in [7, 11) is 1.55. The topological polar surface area (TPSA) is 35.9 Å². The first kappa shape index (κ1) is 17.6. The number of benzene rings is 1. The summed E-state index contributed by atoms with van der Waals surface area (Å²) in [5.41, 5.74) is 0.702. The van der Waals surface area contributed by atoms with Gasteiger partial charge < -0.3 is 9.84 Å². The van der Waals surface area contributed by atoms with E-state index in [-0.39, 0.29) is 12.4 Å². The fraction of sp³-hybridized carbons (Fsp3) is 0.684. The first-order valence-electron chi connectivity index (χ1n) is 9.12. The number of aliphatic hydroxyl groups excluding tert-OH is 1. The van der Waals surface area contributed by atoms with E-state index in [0.717, 1.165) is 26.1 Å². The molecule has 2 fully saturated rings. The van der Waals surface area contributed by atoms with Gasteiger partial charge >= 0.3 is 0 Å². The zero-order chi connectivity index (χ0) is 16.9. The van der Waals surface area contributed by atoms with Gasteiger partial charge in [-0.25, -0.2) is 4.39 Å². The second-order valence-electron chi connectivity index (χ2n) is 7.03. The molecule has 1 heterocycles. The van der Waals surface area contributed by atoms with Crippen molar-refractivity contribution in [1.29, 1.82) is 0 Å². The van der Waals surface area contributed by atoms with Crippen LogP contribution in [0.3, 0.4) is 0 Å². The Morgan fingerprint density at radius 2 is 2.04 bits per heavy atom. The maximum atomic E-state index is 14.3. The third-order valence-electron chi connectivity index (χ3n) is 5.57. The predicted molar refractivity (Wildman–Crippen MR) is 92.7 cm³/mol. The van der Waals surface area contributed by atoms with Gasteiger partial charge in [-0.3, -0.25) is 9.80 Å². The molecule has 0 aromatic heterocycles. The number of ether oxygens (including phenoxy) is 1. The fourth-order valence-corrected chi connectivity index (χ4v) is 4.15. The van der Waals surface area contributed by atoms with Crippen LogP contribution < -0.4 is 4.74 Å². The van der Waals surface area contributed by atoms with Gasteiger partial charge in [0.15, 0.2) is 0 Å². The van der Waals surface area contributed by atoms with Crippen LogP contribution in [0.1, 0.15) is 37.7 Å². The highest BCUT2D eigenvalue weighted by Gasteiger charge is 2.31. The molecule has 0 bridgehead atoms. The molecule has 1 atom stereocenters. The van der Waals surface area contributed by atoms with Crippen molar-refractivity contribution < 1.29 is 14.2 Å². The molecular formula is C19H29FN2O2. The molecule has 0 spiro atoms. The number of nitrogens with zero attached hydrogens (tertiary/aromatic N) is 2. The lowest BCUT2D eigenvalue weighted by molar-refractivity contribution is 0.0321. The number of halogens is 1. The molecule has 5 heteroatoms. The Bertz CT molecular complexity index is 534. The van der Waals surface area contributed by atoms with Crippen LogP contribution in [0.5, 0.6) is 5.75 Å². The molecule has 1 aromatic carbocycles. The van der Waals surface area contributed by atoms with E-state index in [1.807, 2.05) is 12.1 Å². The lowest BCUT2D eigenvalue weighted by atomic mass is 10.0. The average molecular weight is 336 g/mol. The molecule has 4 nitrogen and oxygen atoms in total. The molecule has 134 valence electrons. The molecule has 1 saturated heterocycles. The first-order valence-corrected chi connectivity index (χ1v) is 9.12. The van der Waals surface area contributed by atoms with Crippen LogP contribution in [0, 0.1) is 5.82 Å². The normalized spacial score (nSPS) is 23.7. The summed E-state index contributed by atoms with van der Waals surface area (Å²) in [6, 6.07) is 6.09. The number of aliphatic hydroxyl groups is 1. The maximum absolute atomic E-state index is 14.3. The molecule has 24 heavy (non-hydrogen) atoms. The zero-order valence-electron chi connectivity index (χ0n) is 14.6. The van der Waals surface area contributed by atoms with Gasteiger partial charge in [-0.15, -0.1) is 0 Å². The second-order valence-corrected chi connectivity index (χ2v) is 7.03. The Morgan fingerprint density at radius 1 is 1.25 bits per heavy atom. The van der Waals surface area contributed by atoms with E-state index in [1.165, 1.54) is 31.7 Å². The Balaban J connectivity index is 1.65. The molecule has 3 rings (SSSR count). The van der Waals surface area contributed by atoms with Gasteiger partial charge in [-0.2, -0.15) is 0 Å². The quantitative estimate of drug-likeness (QED) is 0.866. The van der Waals surface area contributed by atoms with E-state index >= 15 is 0 Å². The minimum absolute atomic E-state index is 0.185. The SMILES string of the molecule is COc1ccc(CN2CCN(C3CCCC3)C[C@H]2CCO)c(F)c1. The number of hydrogen-bond donors (Lipinski definition) is 1. The van der Waals surface area contributed by atoms with Crippen molar-refractivity contribution >= 4 is 0 Å². The van der Waals surface area contributed by atoms with Crippen molar-refractivity contribution in [3.8, 4) is 5.75 Å². The third kappa shape index (κ3) is 4.08. The summed E-state index contributed by atoms with van der Waals surface area (Å²) in [6.07, 6.45) is 6.04. The van der Waals surface area contributed by atoms with Gasteiger partial charge in [0.1, 0.15) is 11.6 Å². The molecular weight excluding hydrogens is 307 g/mol. The summed E-state index contributed by atoms with van der Waals surface area (Å²) < 4.78 is 19.3. The molecule has 2 aliphatic rings. The second kappa shape index (κ2) is 8.28. The van der Waals surface area contributed by atoms with E-state index in [1.54, 1.807) is 7.11 Å². The van der Waals surface area contributed by atoms with E-state index < -0.39 is 0 Å². The van der Waals surface area contributed by atoms with Crippen molar-refractivity contribution in [2.24, 2.45) is 0 Å². The molecule has 1 aliphatic heterocycles. The van der Waals surface area contributed by atoms with Crippen LogP contribution >= 0.6 is 0 Å². The van der Waals surface area contributed by atoms with Crippen LogP contribution in [-0.2, 0) is 6.54 Å². The largest absolute Gasteiger partial charge is 0.497 e. The van der Waals surface area contributed by atoms with Crippen LogP contribution in [0.4, 0.5) is 4.39 Å². The minimum Gasteiger partial charge on any atom is -0.497 e. The van der Waals surface area contributed by atoms with Crippen LogP contribution in [0.25, 0.3) is 0 Å². The molecule has 0 radical (unpaired) electrons. The van der Waals surface area contributed by atoms with E-state index in [2.05, 4.69) is 9.80 Å². The van der Waals surface area contributed by atoms with Gasteiger partial charge in [-0.1, -0.05) is 18.9 Å². The summed E-state index contributed by atoms with van der Waals surface area (Å²) in [5, 5.41) is 9.44. The van der Waals surface area contributed by atoms with Crippen LogP contribution in [0.2, 0.25) is 0 Å². The minimum atomic E-state index is -0.213. The van der Waals surface area contributed by atoms with Gasteiger partial charge in [0.25, 0.3) is 0 Å². The van der Waals surface area contributed by atoms with Crippen molar-refractivity contribution in [2.45, 2.75) is 50.7 Å². The van der Waals surface area contributed by atoms with Crippen molar-refractivity contribution in [2.75, 3.05) is 33.4 Å².